The van der Waals surface area contributed by atoms with Crippen molar-refractivity contribution in [1.29, 1.82) is 0 Å². The zero-order valence-electron chi connectivity index (χ0n) is 12.3. The lowest BCUT2D eigenvalue weighted by Crippen LogP contribution is -2.59. The molecule has 1 aromatic carbocycles. The number of ether oxygens (including phenoxy) is 3. The van der Waals surface area contributed by atoms with Gasteiger partial charge in [-0.2, -0.15) is 0 Å². The lowest BCUT2D eigenvalue weighted by molar-refractivity contribution is -0.304. The molecule has 0 amide bonds. The molecule has 0 unspecified atom stereocenters. The Bertz CT molecular complexity index is 450. The van der Waals surface area contributed by atoms with Crippen LogP contribution in [0.25, 0.3) is 0 Å². The van der Waals surface area contributed by atoms with E-state index in [1.165, 1.54) is 7.11 Å². The molecule has 0 saturated carbocycles. The van der Waals surface area contributed by atoms with Gasteiger partial charge in [0.1, 0.15) is 30.2 Å². The summed E-state index contributed by atoms with van der Waals surface area (Å²) in [7, 11) is 1.37. The highest BCUT2D eigenvalue weighted by atomic mass is 16.7. The van der Waals surface area contributed by atoms with Gasteiger partial charge in [-0.05, 0) is 24.1 Å². The molecule has 1 aliphatic rings. The van der Waals surface area contributed by atoms with Gasteiger partial charge in [0.25, 0.3) is 0 Å². The molecule has 1 fully saturated rings. The second-order valence-electron chi connectivity index (χ2n) is 5.19. The highest BCUT2D eigenvalue weighted by molar-refractivity contribution is 5.25. The molecule has 7 nitrogen and oxygen atoms in total. The smallest absolute Gasteiger partial charge is 0.186 e. The lowest BCUT2D eigenvalue weighted by Gasteiger charge is -2.41. The van der Waals surface area contributed by atoms with Gasteiger partial charge < -0.3 is 34.6 Å². The van der Waals surface area contributed by atoms with E-state index in [0.717, 1.165) is 5.56 Å². The topological polar surface area (TPSA) is 109 Å². The van der Waals surface area contributed by atoms with Gasteiger partial charge in [0.2, 0.25) is 0 Å². The first-order chi connectivity index (χ1) is 10.6. The number of aliphatic hydroxyl groups is 3. The predicted octanol–water partition coefficient (Wildman–Crippen LogP) is -0.595. The lowest BCUT2D eigenvalue weighted by atomic mass is 9.99. The van der Waals surface area contributed by atoms with Crippen LogP contribution in [0.2, 0.25) is 0 Å². The molecule has 1 aliphatic heterocycles. The monoisotopic (exact) mass is 314 g/mol. The Balaban J connectivity index is 1.89. The number of phenolic OH excluding ortho intramolecular Hbond substituents is 1. The van der Waals surface area contributed by atoms with Crippen molar-refractivity contribution in [3.8, 4) is 5.75 Å². The number of hydrogen-bond acceptors (Lipinski definition) is 7. The molecule has 2 rings (SSSR count). The summed E-state index contributed by atoms with van der Waals surface area (Å²) in [6.07, 6.45) is -4.44. The maximum atomic E-state index is 10.1. The zero-order chi connectivity index (χ0) is 16.1. The van der Waals surface area contributed by atoms with Gasteiger partial charge in [-0.3, -0.25) is 0 Å². The van der Waals surface area contributed by atoms with Crippen LogP contribution < -0.4 is 0 Å². The third-order valence-electron chi connectivity index (χ3n) is 3.70. The summed E-state index contributed by atoms with van der Waals surface area (Å²) in [6.45, 7) is -0.122. The fourth-order valence-electron chi connectivity index (χ4n) is 2.43. The van der Waals surface area contributed by atoms with Crippen LogP contribution in [-0.2, 0) is 20.6 Å². The number of phenols is 1. The van der Waals surface area contributed by atoms with E-state index < -0.39 is 37.3 Å². The van der Waals surface area contributed by atoms with E-state index in [1.807, 2.05) is 0 Å². The molecule has 1 saturated heterocycles. The van der Waals surface area contributed by atoms with Crippen LogP contribution in [0.15, 0.2) is 24.3 Å². The van der Waals surface area contributed by atoms with Crippen LogP contribution in [0.3, 0.4) is 0 Å². The highest BCUT2D eigenvalue weighted by Crippen LogP contribution is 2.24. The van der Waals surface area contributed by atoms with Gasteiger partial charge in [0.05, 0.1) is 13.2 Å². The van der Waals surface area contributed by atoms with Crippen molar-refractivity contribution in [2.45, 2.75) is 37.1 Å². The molecule has 0 bridgehead atoms. The standard InChI is InChI=1S/C15H22O7/c1-20-14-12(18)11(8-16)22-15(13(14)19)21-7-6-9-2-4-10(17)5-3-9/h2-5,11-19H,6-8H2,1H3/t11-,12-,13-,14+,15-/m1/s1. The fourth-order valence-corrected chi connectivity index (χ4v) is 2.43. The van der Waals surface area contributed by atoms with Crippen LogP contribution in [0, 0.1) is 0 Å². The van der Waals surface area contributed by atoms with Gasteiger partial charge in [-0.1, -0.05) is 12.1 Å². The first kappa shape index (κ1) is 17.1. The average Bonchev–Trinajstić information content (AvgIpc) is 2.52. The number of rotatable bonds is 6. The molecular formula is C15H22O7. The quantitative estimate of drug-likeness (QED) is 0.555. The van der Waals surface area contributed by atoms with E-state index in [2.05, 4.69) is 0 Å². The Kier molecular flexibility index (Phi) is 6.13. The second-order valence-corrected chi connectivity index (χ2v) is 5.19. The van der Waals surface area contributed by atoms with Crippen molar-refractivity contribution < 1.29 is 34.6 Å². The number of aromatic hydroxyl groups is 1. The SMILES string of the molecule is CO[C@@H]1[C@@H](O)[C@H](OCCc2ccc(O)cc2)O[C@H](CO)[C@H]1O. The van der Waals surface area contributed by atoms with E-state index >= 15 is 0 Å². The van der Waals surface area contributed by atoms with Crippen LogP contribution in [-0.4, -0.2) is 71.5 Å². The Morgan fingerprint density at radius 1 is 1.14 bits per heavy atom. The van der Waals surface area contributed by atoms with Crippen LogP contribution in [0.4, 0.5) is 0 Å². The van der Waals surface area contributed by atoms with E-state index in [4.69, 9.17) is 14.2 Å². The minimum atomic E-state index is -1.15. The van der Waals surface area contributed by atoms with Gasteiger partial charge in [0, 0.05) is 7.11 Å². The Labute approximate surface area is 128 Å². The van der Waals surface area contributed by atoms with Crippen molar-refractivity contribution in [1.82, 2.24) is 0 Å². The molecule has 5 atom stereocenters. The van der Waals surface area contributed by atoms with Crippen molar-refractivity contribution in [2.24, 2.45) is 0 Å². The molecular weight excluding hydrogens is 292 g/mol. The van der Waals surface area contributed by atoms with Crippen LogP contribution in [0.5, 0.6) is 5.75 Å². The van der Waals surface area contributed by atoms with E-state index in [9.17, 15) is 20.4 Å². The molecule has 0 spiro atoms. The summed E-state index contributed by atoms with van der Waals surface area (Å²) < 4.78 is 15.9. The van der Waals surface area contributed by atoms with Gasteiger partial charge in [0.15, 0.2) is 6.29 Å². The Morgan fingerprint density at radius 2 is 1.82 bits per heavy atom. The molecule has 0 aliphatic carbocycles. The van der Waals surface area contributed by atoms with E-state index in [1.54, 1.807) is 24.3 Å². The normalized spacial score (nSPS) is 32.1. The summed E-state index contributed by atoms with van der Waals surface area (Å²) >= 11 is 0. The van der Waals surface area contributed by atoms with Crippen molar-refractivity contribution in [2.75, 3.05) is 20.3 Å². The third kappa shape index (κ3) is 3.95. The van der Waals surface area contributed by atoms with Crippen molar-refractivity contribution >= 4 is 0 Å². The highest BCUT2D eigenvalue weighted by Gasteiger charge is 2.45. The van der Waals surface area contributed by atoms with E-state index in [-0.39, 0.29) is 12.4 Å². The fraction of sp³-hybridized carbons (Fsp3) is 0.600. The largest absolute Gasteiger partial charge is 0.508 e. The summed E-state index contributed by atoms with van der Waals surface area (Å²) in [4.78, 5) is 0. The Hall–Kier alpha value is -1.22. The first-order valence-corrected chi connectivity index (χ1v) is 7.11. The predicted molar refractivity (Wildman–Crippen MR) is 76.3 cm³/mol. The number of hydrogen-bond donors (Lipinski definition) is 4. The van der Waals surface area contributed by atoms with Crippen molar-refractivity contribution in [3.63, 3.8) is 0 Å². The molecule has 0 aromatic heterocycles. The Morgan fingerprint density at radius 3 is 2.41 bits per heavy atom. The summed E-state index contributed by atoms with van der Waals surface area (Å²) in [5.74, 6) is 0.193. The molecule has 124 valence electrons. The first-order valence-electron chi connectivity index (χ1n) is 7.11. The number of methoxy groups -OCH3 is 1. The summed E-state index contributed by atoms with van der Waals surface area (Å²) in [6, 6.07) is 6.71. The number of aliphatic hydroxyl groups excluding tert-OH is 3. The molecule has 1 aromatic rings. The van der Waals surface area contributed by atoms with Gasteiger partial charge in [-0.25, -0.2) is 0 Å². The van der Waals surface area contributed by atoms with Gasteiger partial charge in [-0.15, -0.1) is 0 Å². The maximum absolute atomic E-state index is 10.1. The minimum Gasteiger partial charge on any atom is -0.508 e. The van der Waals surface area contributed by atoms with E-state index in [0.29, 0.717) is 6.42 Å². The summed E-state index contributed by atoms with van der Waals surface area (Å²) in [5.41, 5.74) is 0.963. The second kappa shape index (κ2) is 7.87. The molecule has 1 heterocycles. The van der Waals surface area contributed by atoms with Crippen molar-refractivity contribution in [3.05, 3.63) is 29.8 Å². The van der Waals surface area contributed by atoms with Gasteiger partial charge >= 0.3 is 0 Å². The third-order valence-corrected chi connectivity index (χ3v) is 3.70. The van der Waals surface area contributed by atoms with Crippen LogP contribution in [0.1, 0.15) is 5.56 Å². The summed E-state index contributed by atoms with van der Waals surface area (Å²) in [5, 5.41) is 38.4. The average molecular weight is 314 g/mol. The molecule has 4 N–H and O–H groups in total. The minimum absolute atomic E-state index is 0.193. The molecule has 22 heavy (non-hydrogen) atoms. The van der Waals surface area contributed by atoms with Crippen LogP contribution >= 0.6 is 0 Å². The number of benzene rings is 1. The molecule has 7 heteroatoms. The maximum Gasteiger partial charge on any atom is 0.186 e. The zero-order valence-corrected chi connectivity index (χ0v) is 12.3. The molecule has 0 radical (unpaired) electrons.